The normalized spacial score (nSPS) is 41.9. The van der Waals surface area contributed by atoms with E-state index >= 15 is 0 Å². The second-order valence-electron chi connectivity index (χ2n) is 18.6. The van der Waals surface area contributed by atoms with E-state index in [-0.39, 0.29) is 50.5 Å². The average molecular weight is 660 g/mol. The highest BCUT2D eigenvalue weighted by atomic mass is 35.5. The van der Waals surface area contributed by atoms with E-state index in [9.17, 15) is 14.7 Å². The number of aliphatic hydroxyl groups excluding tert-OH is 1. The van der Waals surface area contributed by atoms with Crippen LogP contribution in [0.25, 0.3) is 0 Å². The topological polar surface area (TPSA) is 66.4 Å². The summed E-state index contributed by atoms with van der Waals surface area (Å²) >= 11 is 6.16. The van der Waals surface area contributed by atoms with E-state index in [1.54, 1.807) is 0 Å². The molecule has 0 bridgehead atoms. The molecule has 6 aliphatic carbocycles. The van der Waals surface area contributed by atoms with Crippen molar-refractivity contribution < 1.29 is 14.7 Å². The number of fused-ring (bicyclic) bond motifs is 7. The predicted octanol–water partition coefficient (Wildman–Crippen LogP) is 9.73. The molecule has 0 aromatic heterocycles. The summed E-state index contributed by atoms with van der Waals surface area (Å²) in [6.07, 6.45) is 13.1. The van der Waals surface area contributed by atoms with Gasteiger partial charge in [-0.15, -0.1) is 0 Å². The highest BCUT2D eigenvalue weighted by Crippen LogP contribution is 2.76. The molecule has 0 aliphatic heterocycles. The molecule has 5 heteroatoms. The predicted molar refractivity (Wildman–Crippen MR) is 190 cm³/mol. The Labute approximate surface area is 288 Å². The fourth-order valence-electron chi connectivity index (χ4n) is 13.0. The molecule has 5 saturated carbocycles. The molecule has 8 atom stereocenters. The van der Waals surface area contributed by atoms with Gasteiger partial charge in [0.1, 0.15) is 0 Å². The molecule has 7 rings (SSSR count). The van der Waals surface area contributed by atoms with E-state index in [0.717, 1.165) is 61.7 Å². The van der Waals surface area contributed by atoms with E-state index < -0.39 is 0 Å². The second-order valence-corrected chi connectivity index (χ2v) is 19.0. The quantitative estimate of drug-likeness (QED) is 0.309. The fourth-order valence-corrected chi connectivity index (χ4v) is 13.1. The maximum Gasteiger partial charge on any atom is 0.247 e. The minimum absolute atomic E-state index is 0.0195. The lowest BCUT2D eigenvalue weighted by atomic mass is 9.33. The third-order valence-electron chi connectivity index (χ3n) is 15.8. The Bertz CT molecular complexity index is 1550. The van der Waals surface area contributed by atoms with Gasteiger partial charge in [0.15, 0.2) is 5.78 Å². The van der Waals surface area contributed by atoms with Crippen LogP contribution in [0.1, 0.15) is 132 Å². The van der Waals surface area contributed by atoms with Crippen molar-refractivity contribution in [2.75, 3.05) is 0 Å². The molecule has 0 saturated heterocycles. The van der Waals surface area contributed by atoms with Gasteiger partial charge in [0, 0.05) is 22.4 Å². The van der Waals surface area contributed by atoms with Crippen LogP contribution in [0.15, 0.2) is 47.1 Å². The summed E-state index contributed by atoms with van der Waals surface area (Å²) in [6, 6.07) is 7.86. The van der Waals surface area contributed by atoms with Crippen LogP contribution < -0.4 is 5.32 Å². The maximum atomic E-state index is 14.1. The molecule has 1 amide bonds. The average Bonchev–Trinajstić information content (AvgIpc) is 3.71. The van der Waals surface area contributed by atoms with Crippen LogP contribution in [0, 0.1) is 50.7 Å². The first kappa shape index (κ1) is 33.6. The number of hydrogen-bond donors (Lipinski definition) is 2. The van der Waals surface area contributed by atoms with Crippen molar-refractivity contribution in [2.45, 2.75) is 138 Å². The third kappa shape index (κ3) is 4.69. The molecule has 8 unspecified atom stereocenters. The van der Waals surface area contributed by atoms with Crippen LogP contribution >= 0.6 is 11.6 Å². The molecule has 1 aromatic carbocycles. The number of allylic oxidation sites excluding steroid dienone is 3. The Balaban J connectivity index is 1.23. The molecule has 4 nitrogen and oxygen atoms in total. The zero-order valence-electron chi connectivity index (χ0n) is 30.2. The van der Waals surface area contributed by atoms with Gasteiger partial charge in [-0.2, -0.15) is 0 Å². The molecule has 2 N–H and O–H groups in total. The number of carbonyl (C=O) groups excluding carboxylic acids is 2. The lowest BCUT2D eigenvalue weighted by Gasteiger charge is -2.72. The molecule has 256 valence electrons. The highest BCUT2D eigenvalue weighted by Gasteiger charge is 2.69. The maximum absolute atomic E-state index is 14.1. The summed E-state index contributed by atoms with van der Waals surface area (Å²) in [6.45, 7) is 18.8. The SMILES string of the molecule is CC(=CC12CCC3(C)C(CCC4C5(C)CCC(O)C(C)(C)C5CCC43C)C1=C(C(C)C)C(=O)C2)C(=O)NC1(c2ccc(Cl)cc2)CC1. The molecule has 0 heterocycles. The molecular formula is C42H58ClNO3. The molecule has 5 fully saturated rings. The number of carbonyl (C=O) groups is 2. The van der Waals surface area contributed by atoms with Gasteiger partial charge in [0.25, 0.3) is 0 Å². The third-order valence-corrected chi connectivity index (χ3v) is 16.1. The summed E-state index contributed by atoms with van der Waals surface area (Å²) in [5, 5.41) is 15.2. The molecule has 47 heavy (non-hydrogen) atoms. The van der Waals surface area contributed by atoms with Gasteiger partial charge < -0.3 is 10.4 Å². The van der Waals surface area contributed by atoms with E-state index in [2.05, 4.69) is 59.9 Å². The second kappa shape index (κ2) is 10.8. The lowest BCUT2D eigenvalue weighted by molar-refractivity contribution is -0.227. The van der Waals surface area contributed by atoms with Crippen LogP contribution in [0.2, 0.25) is 5.02 Å². The Hall–Kier alpha value is -1.91. The van der Waals surface area contributed by atoms with E-state index in [4.69, 9.17) is 11.6 Å². The van der Waals surface area contributed by atoms with Gasteiger partial charge in [0.2, 0.25) is 5.91 Å². The Morgan fingerprint density at radius 1 is 0.894 bits per heavy atom. The van der Waals surface area contributed by atoms with Crippen LogP contribution in [0.4, 0.5) is 0 Å². The largest absolute Gasteiger partial charge is 0.393 e. The number of benzene rings is 1. The van der Waals surface area contributed by atoms with E-state index in [0.29, 0.717) is 35.0 Å². The Kier molecular flexibility index (Phi) is 7.71. The summed E-state index contributed by atoms with van der Waals surface area (Å²) in [5.74, 6) is 1.94. The van der Waals surface area contributed by atoms with Crippen molar-refractivity contribution in [1.29, 1.82) is 0 Å². The Morgan fingerprint density at radius 3 is 2.21 bits per heavy atom. The lowest BCUT2D eigenvalue weighted by Crippen LogP contribution is -2.65. The summed E-state index contributed by atoms with van der Waals surface area (Å²) < 4.78 is 0. The van der Waals surface area contributed by atoms with Crippen molar-refractivity contribution in [3.05, 3.63) is 57.6 Å². The smallest absolute Gasteiger partial charge is 0.247 e. The minimum atomic E-state index is -0.374. The van der Waals surface area contributed by atoms with Crippen LogP contribution in [-0.4, -0.2) is 22.9 Å². The number of halogens is 1. The van der Waals surface area contributed by atoms with Gasteiger partial charge in [-0.1, -0.05) is 78.3 Å². The van der Waals surface area contributed by atoms with Gasteiger partial charge in [-0.05, 0) is 145 Å². The molecular weight excluding hydrogens is 602 g/mol. The van der Waals surface area contributed by atoms with Crippen molar-refractivity contribution in [3.63, 3.8) is 0 Å². The zero-order valence-corrected chi connectivity index (χ0v) is 30.9. The van der Waals surface area contributed by atoms with Crippen molar-refractivity contribution in [3.8, 4) is 0 Å². The number of nitrogens with one attached hydrogen (secondary N) is 1. The van der Waals surface area contributed by atoms with Gasteiger partial charge in [-0.25, -0.2) is 0 Å². The molecule has 0 spiro atoms. The monoisotopic (exact) mass is 659 g/mol. The number of amides is 1. The summed E-state index contributed by atoms with van der Waals surface area (Å²) in [4.78, 5) is 28.0. The number of rotatable bonds is 5. The van der Waals surface area contributed by atoms with Crippen molar-refractivity contribution in [2.24, 2.45) is 50.7 Å². The standard InChI is InChI=1S/C42H58ClNO3/c1-25(2)34-30(45)24-41(23-26(3)36(47)44-42(21-22-42)27-9-11-28(43)12-10-27)20-19-39(7)29(35(34)41)13-14-32-38(6)17-16-33(46)37(4,5)31(38)15-18-40(32,39)8/h9-12,23,25,29,31-33,46H,13-22,24H2,1-8H3,(H,44,47). The van der Waals surface area contributed by atoms with E-state index in [1.165, 1.54) is 24.8 Å². The molecule has 1 aromatic rings. The van der Waals surface area contributed by atoms with Crippen molar-refractivity contribution >= 4 is 23.3 Å². The number of hydrogen-bond acceptors (Lipinski definition) is 3. The summed E-state index contributed by atoms with van der Waals surface area (Å²) in [5.41, 5.74) is 4.02. The van der Waals surface area contributed by atoms with Gasteiger partial charge in [0.05, 0.1) is 11.6 Å². The van der Waals surface area contributed by atoms with Gasteiger partial charge in [-0.3, -0.25) is 9.59 Å². The first-order valence-corrected chi connectivity index (χ1v) is 19.1. The van der Waals surface area contributed by atoms with Crippen LogP contribution in [0.5, 0.6) is 0 Å². The number of aliphatic hydroxyl groups is 1. The van der Waals surface area contributed by atoms with Crippen molar-refractivity contribution in [1.82, 2.24) is 5.32 Å². The fraction of sp³-hybridized carbons (Fsp3) is 0.714. The van der Waals surface area contributed by atoms with Crippen LogP contribution in [0.3, 0.4) is 0 Å². The molecule has 6 aliphatic rings. The van der Waals surface area contributed by atoms with Gasteiger partial charge >= 0.3 is 0 Å². The summed E-state index contributed by atoms with van der Waals surface area (Å²) in [7, 11) is 0. The zero-order chi connectivity index (χ0) is 33.9. The Morgan fingerprint density at radius 2 is 1.57 bits per heavy atom. The van der Waals surface area contributed by atoms with Crippen LogP contribution in [-0.2, 0) is 15.1 Å². The number of Topliss-reactive ketones (excluding diaryl/α,β-unsaturated/α-hetero) is 1. The first-order valence-electron chi connectivity index (χ1n) is 18.7. The highest BCUT2D eigenvalue weighted by molar-refractivity contribution is 6.30. The first-order chi connectivity index (χ1) is 21.9. The molecule has 0 radical (unpaired) electrons. The number of ketones is 1. The minimum Gasteiger partial charge on any atom is -0.393 e. The van der Waals surface area contributed by atoms with E-state index in [1.807, 2.05) is 31.2 Å².